The molecule has 1 heterocycles. The molecule has 0 saturated carbocycles. The van der Waals surface area contributed by atoms with Crippen LogP contribution in [0.3, 0.4) is 0 Å². The first-order valence-electron chi connectivity index (χ1n) is 5.58. The SMILES string of the molecule is [Fe+2].c1cc[c-](COc2cc[nH]c2)c1.c1cc[cH-]c1. The second-order valence-electron chi connectivity index (χ2n) is 3.59. The average molecular weight is 281 g/mol. The Bertz CT molecular complexity index is 417. The van der Waals surface area contributed by atoms with Crippen LogP contribution in [0.25, 0.3) is 0 Å². The Morgan fingerprint density at radius 1 is 1.11 bits per heavy atom. The molecule has 0 aliphatic rings. The summed E-state index contributed by atoms with van der Waals surface area (Å²) in [5.74, 6) is 0.885. The van der Waals surface area contributed by atoms with Gasteiger partial charge in [0, 0.05) is 12.4 Å². The number of aromatic nitrogens is 1. The molecule has 0 saturated heterocycles. The number of H-pyrrole nitrogens is 1. The van der Waals surface area contributed by atoms with E-state index >= 15 is 0 Å². The van der Waals surface area contributed by atoms with Crippen molar-refractivity contribution in [3.63, 3.8) is 0 Å². The summed E-state index contributed by atoms with van der Waals surface area (Å²) in [6.07, 6.45) is 3.68. The van der Waals surface area contributed by atoms with Gasteiger partial charge >= 0.3 is 17.1 Å². The van der Waals surface area contributed by atoms with Crippen molar-refractivity contribution in [1.82, 2.24) is 4.98 Å². The van der Waals surface area contributed by atoms with Gasteiger partial charge in [-0.25, -0.2) is 24.3 Å². The second-order valence-corrected chi connectivity index (χ2v) is 3.59. The predicted octanol–water partition coefficient (Wildman–Crippen LogP) is 3.72. The summed E-state index contributed by atoms with van der Waals surface area (Å²) < 4.78 is 5.46. The van der Waals surface area contributed by atoms with Crippen molar-refractivity contribution >= 4 is 0 Å². The third-order valence-corrected chi connectivity index (χ3v) is 2.26. The monoisotopic (exact) mass is 281 g/mol. The normalized spacial score (nSPS) is 8.89. The Hall–Kier alpha value is -1.70. The van der Waals surface area contributed by atoms with Gasteiger partial charge in [0.1, 0.15) is 5.75 Å². The van der Waals surface area contributed by atoms with Crippen molar-refractivity contribution in [2.24, 2.45) is 0 Å². The van der Waals surface area contributed by atoms with Gasteiger partial charge in [-0.15, -0.1) is 5.56 Å². The van der Waals surface area contributed by atoms with Crippen LogP contribution in [0.2, 0.25) is 0 Å². The summed E-state index contributed by atoms with van der Waals surface area (Å²) in [5.41, 5.74) is 1.20. The van der Waals surface area contributed by atoms with Gasteiger partial charge in [0.05, 0.1) is 6.61 Å². The van der Waals surface area contributed by atoms with Gasteiger partial charge in [0.15, 0.2) is 0 Å². The molecule has 0 spiro atoms. The number of nitrogens with one attached hydrogen (secondary N) is 1. The smallest absolute Gasteiger partial charge is 0.499 e. The molecule has 3 aromatic rings. The standard InChI is InChI=1S/C10H10NO.C5H5.Fe/c1-2-4-9(3-1)8-12-10-5-6-11-7-10;1-2-4-5-3-1;/h1-7,11H,8H2;1-5H;/q2*-1;+2. The summed E-state index contributed by atoms with van der Waals surface area (Å²) in [7, 11) is 0. The van der Waals surface area contributed by atoms with E-state index < -0.39 is 0 Å². The first-order valence-corrected chi connectivity index (χ1v) is 5.58. The predicted molar refractivity (Wildman–Crippen MR) is 69.2 cm³/mol. The number of aromatic amines is 1. The maximum atomic E-state index is 5.46. The zero-order valence-electron chi connectivity index (χ0n) is 9.90. The van der Waals surface area contributed by atoms with Gasteiger partial charge in [-0.1, -0.05) is 0 Å². The number of ether oxygens (including phenoxy) is 1. The Morgan fingerprint density at radius 2 is 1.83 bits per heavy atom. The van der Waals surface area contributed by atoms with E-state index in [1.165, 1.54) is 5.56 Å². The Morgan fingerprint density at radius 3 is 2.33 bits per heavy atom. The molecule has 0 aliphatic carbocycles. The number of hydrogen-bond acceptors (Lipinski definition) is 1. The van der Waals surface area contributed by atoms with Crippen molar-refractivity contribution in [3.05, 3.63) is 78.6 Å². The molecule has 94 valence electrons. The first kappa shape index (κ1) is 14.4. The molecule has 0 fully saturated rings. The van der Waals surface area contributed by atoms with Crippen LogP contribution in [-0.2, 0) is 23.7 Å². The molecule has 0 atom stereocenters. The van der Waals surface area contributed by atoms with E-state index in [0.717, 1.165) is 5.75 Å². The number of hydrogen-bond donors (Lipinski definition) is 1. The van der Waals surface area contributed by atoms with Crippen LogP contribution in [0.4, 0.5) is 0 Å². The van der Waals surface area contributed by atoms with Gasteiger partial charge in [-0.05, 0) is 6.07 Å². The molecule has 3 rings (SSSR count). The van der Waals surface area contributed by atoms with Crippen LogP contribution < -0.4 is 4.74 Å². The Kier molecular flexibility index (Phi) is 6.70. The summed E-state index contributed by atoms with van der Waals surface area (Å²) in [5, 5.41) is 0. The van der Waals surface area contributed by atoms with Crippen molar-refractivity contribution in [2.75, 3.05) is 0 Å². The van der Waals surface area contributed by atoms with Gasteiger partial charge < -0.3 is 9.72 Å². The van der Waals surface area contributed by atoms with Gasteiger partial charge in [-0.3, -0.25) is 0 Å². The minimum Gasteiger partial charge on any atom is -0.499 e. The Balaban J connectivity index is 0.000000230. The van der Waals surface area contributed by atoms with Crippen molar-refractivity contribution in [3.8, 4) is 5.75 Å². The number of rotatable bonds is 3. The van der Waals surface area contributed by atoms with E-state index in [0.29, 0.717) is 6.61 Å². The van der Waals surface area contributed by atoms with Crippen LogP contribution in [0.15, 0.2) is 73.1 Å². The summed E-state index contributed by atoms with van der Waals surface area (Å²) in [4.78, 5) is 2.93. The molecule has 0 radical (unpaired) electrons. The van der Waals surface area contributed by atoms with Crippen molar-refractivity contribution in [1.29, 1.82) is 0 Å². The van der Waals surface area contributed by atoms with Gasteiger partial charge in [-0.2, -0.15) is 30.3 Å². The molecule has 3 heteroatoms. The molecule has 0 unspecified atom stereocenters. The maximum Gasteiger partial charge on any atom is 2.00 e. The molecular weight excluding hydrogens is 266 g/mol. The van der Waals surface area contributed by atoms with E-state index in [1.54, 1.807) is 0 Å². The van der Waals surface area contributed by atoms with E-state index in [9.17, 15) is 0 Å². The topological polar surface area (TPSA) is 25.0 Å². The van der Waals surface area contributed by atoms with Crippen LogP contribution in [-0.4, -0.2) is 4.98 Å². The van der Waals surface area contributed by atoms with Crippen LogP contribution in [0.1, 0.15) is 5.56 Å². The Labute approximate surface area is 118 Å². The zero-order valence-corrected chi connectivity index (χ0v) is 11.0. The molecule has 2 nitrogen and oxygen atoms in total. The summed E-state index contributed by atoms with van der Waals surface area (Å²) >= 11 is 0. The zero-order chi connectivity index (χ0) is 11.8. The van der Waals surface area contributed by atoms with E-state index in [-0.39, 0.29) is 17.1 Å². The van der Waals surface area contributed by atoms with E-state index in [1.807, 2.05) is 73.1 Å². The molecule has 0 bridgehead atoms. The van der Waals surface area contributed by atoms with Crippen LogP contribution >= 0.6 is 0 Å². The van der Waals surface area contributed by atoms with Crippen molar-refractivity contribution < 1.29 is 21.8 Å². The first-order chi connectivity index (χ1) is 8.45. The summed E-state index contributed by atoms with van der Waals surface area (Å²) in [6.45, 7) is 0.644. The van der Waals surface area contributed by atoms with Crippen LogP contribution in [0, 0.1) is 0 Å². The molecule has 2 aromatic carbocycles. The van der Waals surface area contributed by atoms with E-state index in [4.69, 9.17) is 4.74 Å². The molecule has 18 heavy (non-hydrogen) atoms. The molecule has 1 N–H and O–H groups in total. The second kappa shape index (κ2) is 8.40. The largest absolute Gasteiger partial charge is 2.00 e. The molecular formula is C15H15FeNO. The summed E-state index contributed by atoms with van der Waals surface area (Å²) in [6, 6.07) is 20.0. The average Bonchev–Trinajstić information content (AvgIpc) is 3.12. The van der Waals surface area contributed by atoms with Crippen LogP contribution in [0.5, 0.6) is 5.75 Å². The third-order valence-electron chi connectivity index (χ3n) is 2.26. The minimum absolute atomic E-state index is 0. The van der Waals surface area contributed by atoms with E-state index in [2.05, 4.69) is 4.98 Å². The minimum atomic E-state index is 0. The fraction of sp³-hybridized carbons (Fsp3) is 0.0667. The van der Waals surface area contributed by atoms with Crippen molar-refractivity contribution in [2.45, 2.75) is 6.61 Å². The fourth-order valence-corrected chi connectivity index (χ4v) is 1.40. The molecule has 1 aromatic heterocycles. The third kappa shape index (κ3) is 5.09. The maximum absolute atomic E-state index is 5.46. The fourth-order valence-electron chi connectivity index (χ4n) is 1.40. The quantitative estimate of drug-likeness (QED) is 0.574. The molecule has 0 amide bonds. The van der Waals surface area contributed by atoms with Gasteiger partial charge in [0.2, 0.25) is 0 Å². The molecule has 0 aliphatic heterocycles. The van der Waals surface area contributed by atoms with Gasteiger partial charge in [0.25, 0.3) is 0 Å².